The molecule has 0 amide bonds. The summed E-state index contributed by atoms with van der Waals surface area (Å²) in [4.78, 5) is 24.3. The molecule has 2 aliphatic rings. The number of fused-ring (bicyclic) bond motifs is 1. The number of ketones is 1. The lowest BCUT2D eigenvalue weighted by molar-refractivity contribution is -0.150. The van der Waals surface area contributed by atoms with Gasteiger partial charge in [0.2, 0.25) is 0 Å². The van der Waals surface area contributed by atoms with Crippen LogP contribution < -0.4 is 0 Å². The quantitative estimate of drug-likeness (QED) is 0.440. The second kappa shape index (κ2) is 6.46. The van der Waals surface area contributed by atoms with Crippen LogP contribution in [0.25, 0.3) is 0 Å². The van der Waals surface area contributed by atoms with E-state index in [0.29, 0.717) is 0 Å². The first-order valence-corrected chi connectivity index (χ1v) is 8.41. The number of carbonyl (C=O) groups excluding carboxylic acids is 2. The number of rotatable bonds is 3. The van der Waals surface area contributed by atoms with E-state index in [-0.39, 0.29) is 35.1 Å². The Labute approximate surface area is 139 Å². The predicted molar refractivity (Wildman–Crippen MR) is 91.8 cm³/mol. The molecule has 0 radical (unpaired) electrons. The van der Waals surface area contributed by atoms with E-state index in [1.54, 1.807) is 6.08 Å². The van der Waals surface area contributed by atoms with E-state index in [2.05, 4.69) is 20.4 Å². The number of ether oxygens (including phenoxy) is 1. The van der Waals surface area contributed by atoms with Gasteiger partial charge in [0, 0.05) is 17.9 Å². The van der Waals surface area contributed by atoms with Crippen molar-refractivity contribution in [1.29, 1.82) is 0 Å². The third kappa shape index (κ3) is 3.49. The summed E-state index contributed by atoms with van der Waals surface area (Å²) < 4.78 is 5.70. The molecule has 2 aliphatic carbocycles. The van der Waals surface area contributed by atoms with Gasteiger partial charge in [0.25, 0.3) is 0 Å². The highest BCUT2D eigenvalue weighted by Crippen LogP contribution is 2.52. The first kappa shape index (κ1) is 17.7. The molecule has 2 rings (SSSR count). The van der Waals surface area contributed by atoms with Crippen molar-refractivity contribution >= 4 is 11.8 Å². The minimum atomic E-state index is -0.263. The topological polar surface area (TPSA) is 43.4 Å². The predicted octanol–water partition coefficient (Wildman–Crippen LogP) is 4.39. The Morgan fingerprint density at radius 2 is 2.04 bits per heavy atom. The van der Waals surface area contributed by atoms with Gasteiger partial charge < -0.3 is 4.74 Å². The van der Waals surface area contributed by atoms with Gasteiger partial charge in [-0.2, -0.15) is 0 Å². The molecule has 0 spiro atoms. The molecule has 0 heterocycles. The molecule has 1 saturated carbocycles. The lowest BCUT2D eigenvalue weighted by Gasteiger charge is -2.49. The van der Waals surface area contributed by atoms with Gasteiger partial charge in [-0.25, -0.2) is 4.79 Å². The zero-order valence-corrected chi connectivity index (χ0v) is 14.9. The van der Waals surface area contributed by atoms with Gasteiger partial charge in [0.1, 0.15) is 6.10 Å². The van der Waals surface area contributed by atoms with Gasteiger partial charge in [0.15, 0.2) is 5.78 Å². The molecule has 0 bridgehead atoms. The van der Waals surface area contributed by atoms with Gasteiger partial charge in [-0.15, -0.1) is 0 Å². The van der Waals surface area contributed by atoms with Crippen LogP contribution in [0.5, 0.6) is 0 Å². The Bertz CT molecular complexity index is 592. The standard InChI is InChI=1S/C20H28O3/c1-12(2)9-19(22)23-18-8-7-15-10-17(21)16(13(3)4)11-20(15,6)14(18)5/h9-10,14,16,18H,3,7-8,11H2,1-2,4-6H3/t14-,16-,18+,20+/m0/s1. The van der Waals surface area contributed by atoms with Crippen LogP contribution in [0.1, 0.15) is 53.9 Å². The van der Waals surface area contributed by atoms with Crippen LogP contribution in [0.2, 0.25) is 0 Å². The SMILES string of the molecule is C=C(C)[C@@H]1C[C@@]2(C)C(=CC1=O)CC[C@@H](OC(=O)C=C(C)C)[C@@H]2C. The average Bonchev–Trinajstić information content (AvgIpc) is 2.43. The molecule has 3 heteroatoms. The monoisotopic (exact) mass is 316 g/mol. The largest absolute Gasteiger partial charge is 0.459 e. The molecule has 0 unspecified atom stereocenters. The summed E-state index contributed by atoms with van der Waals surface area (Å²) in [6.07, 6.45) is 5.65. The van der Waals surface area contributed by atoms with Crippen molar-refractivity contribution in [3.63, 3.8) is 0 Å². The van der Waals surface area contributed by atoms with Gasteiger partial charge in [-0.3, -0.25) is 4.79 Å². The van der Waals surface area contributed by atoms with Crippen molar-refractivity contribution in [2.75, 3.05) is 0 Å². The summed E-state index contributed by atoms with van der Waals surface area (Å²) >= 11 is 0. The van der Waals surface area contributed by atoms with E-state index in [0.717, 1.165) is 30.4 Å². The van der Waals surface area contributed by atoms with Crippen LogP contribution in [0.4, 0.5) is 0 Å². The number of allylic oxidation sites excluding steroid dienone is 4. The molecule has 0 saturated heterocycles. The highest BCUT2D eigenvalue weighted by Gasteiger charge is 2.48. The van der Waals surface area contributed by atoms with Crippen molar-refractivity contribution in [2.24, 2.45) is 17.3 Å². The summed E-state index contributed by atoms with van der Waals surface area (Å²) in [5.74, 6) is -0.0104. The average molecular weight is 316 g/mol. The second-order valence-electron chi connectivity index (χ2n) is 7.62. The molecule has 4 atom stereocenters. The van der Waals surface area contributed by atoms with E-state index in [1.165, 1.54) is 5.57 Å². The van der Waals surface area contributed by atoms with Crippen molar-refractivity contribution in [3.05, 3.63) is 35.5 Å². The lowest BCUT2D eigenvalue weighted by Crippen LogP contribution is -2.46. The Kier molecular flexibility index (Phi) is 4.98. The van der Waals surface area contributed by atoms with Crippen molar-refractivity contribution < 1.29 is 14.3 Å². The Hall–Kier alpha value is -1.64. The highest BCUT2D eigenvalue weighted by atomic mass is 16.5. The maximum Gasteiger partial charge on any atom is 0.330 e. The molecule has 126 valence electrons. The maximum atomic E-state index is 12.3. The number of carbonyl (C=O) groups is 2. The molecular weight excluding hydrogens is 288 g/mol. The number of hydrogen-bond acceptors (Lipinski definition) is 3. The third-order valence-electron chi connectivity index (χ3n) is 5.55. The summed E-state index contributed by atoms with van der Waals surface area (Å²) in [6.45, 7) is 14.0. The minimum Gasteiger partial charge on any atom is -0.459 e. The van der Waals surface area contributed by atoms with Crippen LogP contribution >= 0.6 is 0 Å². The molecule has 0 aromatic carbocycles. The van der Waals surface area contributed by atoms with Gasteiger partial charge in [-0.05, 0) is 51.5 Å². The fourth-order valence-corrected chi connectivity index (χ4v) is 3.88. The van der Waals surface area contributed by atoms with Gasteiger partial charge in [-0.1, -0.05) is 37.1 Å². The van der Waals surface area contributed by atoms with Crippen LogP contribution in [-0.2, 0) is 14.3 Å². The van der Waals surface area contributed by atoms with E-state index in [1.807, 2.05) is 26.8 Å². The van der Waals surface area contributed by atoms with Crippen LogP contribution in [0, 0.1) is 17.3 Å². The smallest absolute Gasteiger partial charge is 0.330 e. The molecule has 23 heavy (non-hydrogen) atoms. The molecular formula is C20H28O3. The summed E-state index contributed by atoms with van der Waals surface area (Å²) in [5, 5.41) is 0. The zero-order chi connectivity index (χ0) is 17.4. The highest BCUT2D eigenvalue weighted by molar-refractivity contribution is 5.95. The maximum absolute atomic E-state index is 12.3. The third-order valence-corrected chi connectivity index (χ3v) is 5.55. The fourth-order valence-electron chi connectivity index (χ4n) is 3.88. The normalized spacial score (nSPS) is 33.3. The van der Waals surface area contributed by atoms with E-state index < -0.39 is 0 Å². The fraction of sp³-hybridized carbons (Fsp3) is 0.600. The first-order chi connectivity index (χ1) is 10.6. The van der Waals surface area contributed by atoms with Crippen LogP contribution in [-0.4, -0.2) is 17.9 Å². The van der Waals surface area contributed by atoms with Crippen LogP contribution in [0.15, 0.2) is 35.5 Å². The van der Waals surface area contributed by atoms with E-state index >= 15 is 0 Å². The van der Waals surface area contributed by atoms with Gasteiger partial charge >= 0.3 is 5.97 Å². The lowest BCUT2D eigenvalue weighted by atomic mass is 9.57. The van der Waals surface area contributed by atoms with Crippen molar-refractivity contribution in [2.45, 2.75) is 60.0 Å². The molecule has 0 aliphatic heterocycles. The molecule has 0 aromatic heterocycles. The number of hydrogen-bond donors (Lipinski definition) is 0. The summed E-state index contributed by atoms with van der Waals surface area (Å²) in [7, 11) is 0. The zero-order valence-electron chi connectivity index (χ0n) is 14.9. The molecule has 1 fully saturated rings. The minimum absolute atomic E-state index is 0.0979. The molecule has 0 aromatic rings. The van der Waals surface area contributed by atoms with Crippen molar-refractivity contribution in [3.8, 4) is 0 Å². The van der Waals surface area contributed by atoms with Crippen molar-refractivity contribution in [1.82, 2.24) is 0 Å². The molecule has 0 N–H and O–H groups in total. The summed E-state index contributed by atoms with van der Waals surface area (Å²) in [5.41, 5.74) is 2.96. The van der Waals surface area contributed by atoms with E-state index in [9.17, 15) is 9.59 Å². The Morgan fingerprint density at radius 1 is 1.39 bits per heavy atom. The van der Waals surface area contributed by atoms with E-state index in [4.69, 9.17) is 4.74 Å². The molecule has 3 nitrogen and oxygen atoms in total. The summed E-state index contributed by atoms with van der Waals surface area (Å²) in [6, 6.07) is 0. The van der Waals surface area contributed by atoms with Crippen LogP contribution in [0.3, 0.4) is 0 Å². The number of esters is 1. The van der Waals surface area contributed by atoms with Gasteiger partial charge in [0.05, 0.1) is 0 Å². The Balaban J connectivity index is 2.23. The first-order valence-electron chi connectivity index (χ1n) is 8.41. The Morgan fingerprint density at radius 3 is 2.61 bits per heavy atom. The second-order valence-corrected chi connectivity index (χ2v) is 7.62.